The number of primary amides is 1. The number of nitrogens with two attached hydrogens (primary N) is 1. The third kappa shape index (κ3) is 9.73. The number of nitrogens with one attached hydrogen (secondary N) is 4. The van der Waals surface area contributed by atoms with Gasteiger partial charge in [-0.1, -0.05) is 0 Å². The van der Waals surface area contributed by atoms with Crippen LogP contribution in [0.5, 0.6) is 0 Å². The van der Waals surface area contributed by atoms with Crippen molar-refractivity contribution in [2.45, 2.75) is 57.7 Å². The number of hydrogen-bond donors (Lipinski definition) is 6. The molecule has 0 aromatic heterocycles. The molecule has 1 unspecified atom stereocenters. The van der Waals surface area contributed by atoms with Crippen LogP contribution in [0.2, 0.25) is 0 Å². The van der Waals surface area contributed by atoms with E-state index in [-0.39, 0.29) is 31.3 Å². The van der Waals surface area contributed by atoms with Crippen LogP contribution in [0, 0.1) is 0 Å². The first-order valence-corrected chi connectivity index (χ1v) is 10.4. The van der Waals surface area contributed by atoms with Gasteiger partial charge in [-0.3, -0.25) is 28.8 Å². The van der Waals surface area contributed by atoms with Crippen molar-refractivity contribution in [2.75, 3.05) is 26.2 Å². The largest absolute Gasteiger partial charge is 0.480 e. The average molecular weight is 457 g/mol. The van der Waals surface area contributed by atoms with E-state index in [0.717, 1.165) is 17.9 Å². The first-order chi connectivity index (χ1) is 15.0. The van der Waals surface area contributed by atoms with Gasteiger partial charge in [0.2, 0.25) is 29.5 Å². The molecule has 0 radical (unpaired) electrons. The van der Waals surface area contributed by atoms with Crippen LogP contribution < -0.4 is 27.0 Å². The first kappa shape index (κ1) is 26.8. The van der Waals surface area contributed by atoms with Crippen molar-refractivity contribution in [3.8, 4) is 0 Å². The van der Waals surface area contributed by atoms with Crippen molar-refractivity contribution in [3.63, 3.8) is 0 Å². The van der Waals surface area contributed by atoms with Crippen molar-refractivity contribution in [1.29, 1.82) is 0 Å². The van der Waals surface area contributed by atoms with E-state index in [2.05, 4.69) is 21.3 Å². The highest BCUT2D eigenvalue weighted by atomic mass is 16.4. The SMILES string of the molecule is CC(C)N(CC(=O)O)C(=O)CNC(=O)[C@H](CCC(N)=O)NC(=O)CNC(=O)C1CCCN1. The zero-order valence-electron chi connectivity index (χ0n) is 18.3. The lowest BCUT2D eigenvalue weighted by molar-refractivity contribution is -0.145. The van der Waals surface area contributed by atoms with Gasteiger partial charge in [0.05, 0.1) is 19.1 Å². The highest BCUT2D eigenvalue weighted by molar-refractivity contribution is 5.93. The van der Waals surface area contributed by atoms with E-state index in [9.17, 15) is 28.8 Å². The fourth-order valence-corrected chi connectivity index (χ4v) is 3.09. The van der Waals surface area contributed by atoms with Gasteiger partial charge in [-0.15, -0.1) is 0 Å². The highest BCUT2D eigenvalue weighted by Crippen LogP contribution is 2.04. The molecule has 0 aliphatic carbocycles. The van der Waals surface area contributed by atoms with Crippen molar-refractivity contribution in [3.05, 3.63) is 0 Å². The molecule has 1 aliphatic heterocycles. The topological polar surface area (TPSA) is 200 Å². The molecule has 0 spiro atoms. The van der Waals surface area contributed by atoms with Crippen LogP contribution in [0.3, 0.4) is 0 Å². The number of rotatable bonds is 13. The molecule has 7 N–H and O–H groups in total. The van der Waals surface area contributed by atoms with Gasteiger partial charge in [-0.2, -0.15) is 0 Å². The second kappa shape index (κ2) is 13.2. The summed E-state index contributed by atoms with van der Waals surface area (Å²) in [5, 5.41) is 19.1. The predicted molar refractivity (Wildman–Crippen MR) is 112 cm³/mol. The van der Waals surface area contributed by atoms with Gasteiger partial charge in [-0.25, -0.2) is 0 Å². The van der Waals surface area contributed by atoms with Crippen molar-refractivity contribution in [2.24, 2.45) is 5.73 Å². The minimum absolute atomic E-state index is 0.109. The van der Waals surface area contributed by atoms with Crippen LogP contribution in [0.25, 0.3) is 0 Å². The minimum Gasteiger partial charge on any atom is -0.480 e. The molecule has 0 aromatic rings. The summed E-state index contributed by atoms with van der Waals surface area (Å²) in [6.45, 7) is 2.61. The molecule has 180 valence electrons. The smallest absolute Gasteiger partial charge is 0.323 e. The van der Waals surface area contributed by atoms with E-state index in [1.54, 1.807) is 13.8 Å². The van der Waals surface area contributed by atoms with Crippen LogP contribution in [0.4, 0.5) is 0 Å². The second-order valence-electron chi connectivity index (χ2n) is 7.72. The summed E-state index contributed by atoms with van der Waals surface area (Å²) in [4.78, 5) is 72.0. The van der Waals surface area contributed by atoms with Gasteiger partial charge in [0.25, 0.3) is 0 Å². The summed E-state index contributed by atoms with van der Waals surface area (Å²) < 4.78 is 0. The number of hydrogen-bond acceptors (Lipinski definition) is 7. The Balaban J connectivity index is 2.63. The Morgan fingerprint density at radius 3 is 2.34 bits per heavy atom. The van der Waals surface area contributed by atoms with E-state index in [4.69, 9.17) is 10.8 Å². The maximum atomic E-state index is 12.5. The summed E-state index contributed by atoms with van der Waals surface area (Å²) in [5.41, 5.74) is 5.12. The molecule has 32 heavy (non-hydrogen) atoms. The molecule has 5 amide bonds. The Morgan fingerprint density at radius 1 is 1.12 bits per heavy atom. The molecule has 1 aliphatic rings. The number of carboxylic acid groups (broad SMARTS) is 1. The van der Waals surface area contributed by atoms with Crippen LogP contribution in [-0.2, 0) is 28.8 Å². The molecule has 13 nitrogen and oxygen atoms in total. The summed E-state index contributed by atoms with van der Waals surface area (Å²) >= 11 is 0. The third-order valence-electron chi connectivity index (χ3n) is 4.79. The summed E-state index contributed by atoms with van der Waals surface area (Å²) in [7, 11) is 0. The Labute approximate surface area is 185 Å². The summed E-state index contributed by atoms with van der Waals surface area (Å²) in [6.07, 6.45) is 1.23. The Bertz CT molecular complexity index is 721. The van der Waals surface area contributed by atoms with Gasteiger partial charge < -0.3 is 37.0 Å². The van der Waals surface area contributed by atoms with E-state index < -0.39 is 54.8 Å². The van der Waals surface area contributed by atoms with E-state index in [1.807, 2.05) is 0 Å². The van der Waals surface area contributed by atoms with Gasteiger partial charge in [0.1, 0.15) is 12.6 Å². The summed E-state index contributed by atoms with van der Waals surface area (Å²) in [6, 6.07) is -1.94. The molecule has 1 heterocycles. The Kier molecular flexibility index (Phi) is 11.1. The van der Waals surface area contributed by atoms with Crippen LogP contribution >= 0.6 is 0 Å². The number of carbonyl (C=O) groups is 6. The molecule has 0 saturated carbocycles. The number of aliphatic carboxylic acids is 1. The maximum absolute atomic E-state index is 12.5. The molecule has 1 rings (SSSR count). The van der Waals surface area contributed by atoms with Gasteiger partial charge >= 0.3 is 5.97 Å². The monoisotopic (exact) mass is 456 g/mol. The average Bonchev–Trinajstić information content (AvgIpc) is 3.25. The zero-order chi connectivity index (χ0) is 24.3. The molecule has 0 bridgehead atoms. The fourth-order valence-electron chi connectivity index (χ4n) is 3.09. The molecule has 1 fully saturated rings. The van der Waals surface area contributed by atoms with Gasteiger partial charge in [0.15, 0.2) is 0 Å². The van der Waals surface area contributed by atoms with Crippen molar-refractivity contribution >= 4 is 35.5 Å². The molecule has 13 heteroatoms. The van der Waals surface area contributed by atoms with Crippen molar-refractivity contribution in [1.82, 2.24) is 26.2 Å². The van der Waals surface area contributed by atoms with Crippen LogP contribution in [-0.4, -0.2) is 89.8 Å². The molecule has 2 atom stereocenters. The number of carbonyl (C=O) groups excluding carboxylic acids is 5. The van der Waals surface area contributed by atoms with E-state index in [0.29, 0.717) is 6.42 Å². The number of amides is 5. The standard InChI is InChI=1S/C19H32N6O7/c1-11(2)25(10-17(29)30)16(28)9-23-19(32)13(5-6-14(20)26)24-15(27)8-22-18(31)12-4-3-7-21-12/h11-13,21H,3-10H2,1-2H3,(H2,20,26)(H,22,31)(H,23,32)(H,24,27)(H,29,30)/t12?,13-/m0/s1. The Morgan fingerprint density at radius 2 is 1.81 bits per heavy atom. The second-order valence-corrected chi connectivity index (χ2v) is 7.72. The fraction of sp³-hybridized carbons (Fsp3) is 0.684. The quantitative estimate of drug-likeness (QED) is 0.169. The minimum atomic E-state index is -1.19. The first-order valence-electron chi connectivity index (χ1n) is 10.4. The van der Waals surface area contributed by atoms with Gasteiger partial charge in [-0.05, 0) is 39.7 Å². The van der Waals surface area contributed by atoms with Crippen LogP contribution in [0.1, 0.15) is 39.5 Å². The molecule has 1 saturated heterocycles. The normalized spacial score (nSPS) is 16.2. The lowest BCUT2D eigenvalue weighted by Gasteiger charge is -2.25. The van der Waals surface area contributed by atoms with E-state index in [1.165, 1.54) is 0 Å². The number of nitrogens with zero attached hydrogens (tertiary/aromatic N) is 1. The lowest BCUT2D eigenvalue weighted by atomic mass is 10.1. The van der Waals surface area contributed by atoms with Crippen molar-refractivity contribution < 1.29 is 33.9 Å². The highest BCUT2D eigenvalue weighted by Gasteiger charge is 2.26. The number of carboxylic acids is 1. The summed E-state index contributed by atoms with van der Waals surface area (Å²) in [5.74, 6) is -4.21. The Hall–Kier alpha value is -3.22. The molecular formula is C19H32N6O7. The molecule has 0 aromatic carbocycles. The van der Waals surface area contributed by atoms with Gasteiger partial charge in [0, 0.05) is 12.5 Å². The van der Waals surface area contributed by atoms with Crippen LogP contribution in [0.15, 0.2) is 0 Å². The zero-order valence-corrected chi connectivity index (χ0v) is 18.3. The predicted octanol–water partition coefficient (Wildman–Crippen LogP) is -2.96. The lowest BCUT2D eigenvalue weighted by Crippen LogP contribution is -2.53. The molecular weight excluding hydrogens is 424 g/mol. The maximum Gasteiger partial charge on any atom is 0.323 e. The van der Waals surface area contributed by atoms with E-state index >= 15 is 0 Å². The third-order valence-corrected chi connectivity index (χ3v) is 4.79.